The Morgan fingerprint density at radius 1 is 1.60 bits per heavy atom. The van der Waals surface area contributed by atoms with E-state index in [1.54, 1.807) is 0 Å². The molecule has 1 saturated heterocycles. The molecule has 0 unspecified atom stereocenters. The number of amides is 2. The van der Waals surface area contributed by atoms with Crippen LogP contribution in [-0.4, -0.2) is 33.2 Å². The summed E-state index contributed by atoms with van der Waals surface area (Å²) in [5.41, 5.74) is 0. The van der Waals surface area contributed by atoms with Gasteiger partial charge in [0.25, 0.3) is 0 Å². The first-order chi connectivity index (χ1) is 7.00. The molecular formula is C8H8N2O4S. The van der Waals surface area contributed by atoms with Gasteiger partial charge in [0, 0.05) is 6.92 Å². The van der Waals surface area contributed by atoms with Crippen LogP contribution in [0.25, 0.3) is 0 Å². The average molecular weight is 228 g/mol. The van der Waals surface area contributed by atoms with Crippen molar-refractivity contribution in [1.82, 2.24) is 10.2 Å². The molecular weight excluding hydrogens is 220 g/mol. The monoisotopic (exact) mass is 228 g/mol. The highest BCUT2D eigenvalue weighted by atomic mass is 32.2. The van der Waals surface area contributed by atoms with Crippen molar-refractivity contribution >= 4 is 29.5 Å². The van der Waals surface area contributed by atoms with Crippen LogP contribution in [0, 0.1) is 0 Å². The molecule has 1 atom stereocenters. The minimum absolute atomic E-state index is 0.0288. The van der Waals surface area contributed by atoms with Crippen LogP contribution in [0.4, 0.5) is 0 Å². The maximum absolute atomic E-state index is 11.2. The van der Waals surface area contributed by atoms with Crippen molar-refractivity contribution in [3.63, 3.8) is 0 Å². The van der Waals surface area contributed by atoms with Gasteiger partial charge in [-0.25, -0.2) is 4.79 Å². The molecule has 0 spiro atoms. The molecule has 15 heavy (non-hydrogen) atoms. The lowest BCUT2D eigenvalue weighted by molar-refractivity contribution is -0.138. The van der Waals surface area contributed by atoms with Gasteiger partial charge in [-0.05, 0) is 0 Å². The smallest absolute Gasteiger partial charge is 0.346 e. The number of thioether (sulfide) groups is 1. The zero-order chi connectivity index (χ0) is 11.2. The summed E-state index contributed by atoms with van der Waals surface area (Å²) in [5, 5.41) is 11.1. The topological polar surface area (TPSA) is 86.7 Å². The van der Waals surface area contributed by atoms with Crippen LogP contribution in [-0.2, 0) is 14.4 Å². The van der Waals surface area contributed by atoms with Gasteiger partial charge in [-0.2, -0.15) is 0 Å². The summed E-state index contributed by atoms with van der Waals surface area (Å²) in [6.45, 7) is 1.27. The summed E-state index contributed by atoms with van der Waals surface area (Å²) in [6.07, 6.45) is 0.324. The Balaban J connectivity index is 2.31. The van der Waals surface area contributed by atoms with E-state index in [0.29, 0.717) is 6.42 Å². The second-order valence-corrected chi connectivity index (χ2v) is 4.39. The van der Waals surface area contributed by atoms with Crippen molar-refractivity contribution < 1.29 is 19.5 Å². The lowest BCUT2D eigenvalue weighted by Crippen LogP contribution is -2.50. The summed E-state index contributed by atoms with van der Waals surface area (Å²) in [6, 6.07) is 0. The van der Waals surface area contributed by atoms with Crippen LogP contribution in [0.1, 0.15) is 13.3 Å². The van der Waals surface area contributed by atoms with Gasteiger partial charge in [0.05, 0.1) is 11.8 Å². The Bertz CT molecular complexity index is 403. The molecule has 0 aromatic carbocycles. The first-order valence-corrected chi connectivity index (χ1v) is 5.12. The number of carboxylic acid groups (broad SMARTS) is 1. The maximum Gasteiger partial charge on any atom is 0.346 e. The molecule has 0 radical (unpaired) electrons. The molecule has 6 nitrogen and oxygen atoms in total. The van der Waals surface area contributed by atoms with Gasteiger partial charge in [0.1, 0.15) is 10.7 Å². The quantitative estimate of drug-likeness (QED) is 0.633. The van der Waals surface area contributed by atoms with Crippen molar-refractivity contribution in [2.75, 3.05) is 0 Å². The normalized spacial score (nSPS) is 23.7. The van der Waals surface area contributed by atoms with Crippen molar-refractivity contribution in [2.45, 2.75) is 18.7 Å². The molecule has 0 aromatic heterocycles. The third-order valence-corrected chi connectivity index (χ3v) is 3.36. The number of carboxylic acids is 1. The number of fused-ring (bicyclic) bond motifs is 1. The number of aliphatic carboxylic acids is 1. The van der Waals surface area contributed by atoms with Crippen molar-refractivity contribution in [3.05, 3.63) is 10.7 Å². The van der Waals surface area contributed by atoms with E-state index in [2.05, 4.69) is 5.32 Å². The van der Waals surface area contributed by atoms with Crippen molar-refractivity contribution in [1.29, 1.82) is 0 Å². The predicted molar refractivity (Wildman–Crippen MR) is 51.3 cm³/mol. The average Bonchev–Trinajstić information content (AvgIpc) is 2.36. The van der Waals surface area contributed by atoms with Gasteiger partial charge in [0.15, 0.2) is 0 Å². The zero-order valence-electron chi connectivity index (χ0n) is 7.81. The van der Waals surface area contributed by atoms with E-state index in [0.717, 1.165) is 11.8 Å². The molecule has 80 valence electrons. The number of nitrogens with one attached hydrogen (secondary N) is 1. The van der Waals surface area contributed by atoms with E-state index in [1.807, 2.05) is 0 Å². The van der Waals surface area contributed by atoms with Crippen LogP contribution in [0.2, 0.25) is 0 Å². The summed E-state index contributed by atoms with van der Waals surface area (Å²) in [7, 11) is 0. The van der Waals surface area contributed by atoms with E-state index < -0.39 is 5.97 Å². The third-order valence-electron chi connectivity index (χ3n) is 2.10. The van der Waals surface area contributed by atoms with Gasteiger partial charge in [-0.15, -0.1) is 0 Å². The molecule has 7 heteroatoms. The molecule has 0 bridgehead atoms. The minimum Gasteiger partial charge on any atom is -0.477 e. The Kier molecular flexibility index (Phi) is 2.18. The molecule has 2 heterocycles. The van der Waals surface area contributed by atoms with Gasteiger partial charge >= 0.3 is 5.97 Å². The van der Waals surface area contributed by atoms with Gasteiger partial charge in [-0.1, -0.05) is 11.8 Å². The highest BCUT2D eigenvalue weighted by molar-refractivity contribution is 8.04. The molecule has 2 aliphatic heterocycles. The summed E-state index contributed by atoms with van der Waals surface area (Å²) < 4.78 is 0. The van der Waals surface area contributed by atoms with E-state index in [4.69, 9.17) is 5.11 Å². The Morgan fingerprint density at radius 3 is 2.73 bits per heavy atom. The van der Waals surface area contributed by atoms with Crippen LogP contribution in [0.5, 0.6) is 0 Å². The van der Waals surface area contributed by atoms with Gasteiger partial charge < -0.3 is 10.4 Å². The highest BCUT2D eigenvalue weighted by Gasteiger charge is 2.48. The Labute approximate surface area is 89.3 Å². The van der Waals surface area contributed by atoms with Gasteiger partial charge in [-0.3, -0.25) is 14.5 Å². The number of hydrogen-bond acceptors (Lipinski definition) is 4. The predicted octanol–water partition coefficient (Wildman–Crippen LogP) is -0.319. The molecule has 0 aliphatic carbocycles. The largest absolute Gasteiger partial charge is 0.477 e. The van der Waals surface area contributed by atoms with E-state index >= 15 is 0 Å². The first kappa shape index (κ1) is 10.0. The number of nitrogens with zero attached hydrogens (tertiary/aromatic N) is 1. The first-order valence-electron chi connectivity index (χ1n) is 4.24. The number of rotatable bonds is 2. The van der Waals surface area contributed by atoms with Gasteiger partial charge in [0.2, 0.25) is 11.8 Å². The van der Waals surface area contributed by atoms with E-state index in [9.17, 15) is 14.4 Å². The van der Waals surface area contributed by atoms with E-state index in [-0.39, 0.29) is 27.9 Å². The number of β-lactam (4-membered cyclic amide) rings is 1. The standard InChI is InChI=1S/C8H8N2O4S/c1-3(11)9-7-6(8(13)14)15-5-2-4(12)10(5)7/h5H,2H2,1H3,(H,9,11)(H,13,14)/t5-/m1/s1. The lowest BCUT2D eigenvalue weighted by atomic mass is 10.2. The Morgan fingerprint density at radius 2 is 2.27 bits per heavy atom. The highest BCUT2D eigenvalue weighted by Crippen LogP contribution is 2.44. The van der Waals surface area contributed by atoms with Crippen molar-refractivity contribution in [2.24, 2.45) is 0 Å². The van der Waals surface area contributed by atoms with Crippen molar-refractivity contribution in [3.8, 4) is 0 Å². The molecule has 2 rings (SSSR count). The zero-order valence-corrected chi connectivity index (χ0v) is 8.63. The lowest BCUT2D eigenvalue weighted by Gasteiger charge is -2.34. The SMILES string of the molecule is CC(=O)NC1=C(C(=O)O)S[C@@H]2CC(=O)N12. The van der Waals surface area contributed by atoms with Crippen LogP contribution in [0.3, 0.4) is 0 Å². The van der Waals surface area contributed by atoms with E-state index in [1.165, 1.54) is 11.8 Å². The second-order valence-electron chi connectivity index (χ2n) is 3.20. The minimum atomic E-state index is -1.12. The van der Waals surface area contributed by atoms with Crippen LogP contribution >= 0.6 is 11.8 Å². The summed E-state index contributed by atoms with van der Waals surface area (Å²) in [5.74, 6) is -1.55. The molecule has 2 amide bonds. The fourth-order valence-electron chi connectivity index (χ4n) is 1.49. The second kappa shape index (κ2) is 3.27. The molecule has 0 saturated carbocycles. The maximum atomic E-state index is 11.2. The Hall–Kier alpha value is -1.50. The van der Waals surface area contributed by atoms with Crippen LogP contribution < -0.4 is 5.32 Å². The number of carbonyl (C=O) groups excluding carboxylic acids is 2. The summed E-state index contributed by atoms with van der Waals surface area (Å²) in [4.78, 5) is 34.3. The molecule has 1 fully saturated rings. The fourth-order valence-corrected chi connectivity index (χ4v) is 2.68. The molecule has 2 aliphatic rings. The van der Waals surface area contributed by atoms with Crippen LogP contribution in [0.15, 0.2) is 10.7 Å². The molecule has 0 aromatic rings. The third kappa shape index (κ3) is 1.48. The fraction of sp³-hybridized carbons (Fsp3) is 0.375. The molecule has 2 N–H and O–H groups in total. The number of carbonyl (C=O) groups is 3. The number of hydrogen-bond donors (Lipinski definition) is 2. The summed E-state index contributed by atoms with van der Waals surface area (Å²) >= 11 is 1.09.